The van der Waals surface area contributed by atoms with E-state index in [1.54, 1.807) is 0 Å². The Kier molecular flexibility index (Phi) is 5.27. The number of para-hydroxylation sites is 2. The molecular weight excluding hydrogens is 518 g/mol. The molecule has 1 heteroatoms. The lowest BCUT2D eigenvalue weighted by Crippen LogP contribution is -1.92. The normalized spacial score (nSPS) is 11.7. The minimum Gasteiger partial charge on any atom is -0.309 e. The first-order valence-electron chi connectivity index (χ1n) is 14.9. The van der Waals surface area contributed by atoms with Crippen molar-refractivity contribution in [1.29, 1.82) is 0 Å². The predicted molar refractivity (Wildman–Crippen MR) is 184 cm³/mol. The second-order valence-electron chi connectivity index (χ2n) is 11.4. The third-order valence-electron chi connectivity index (χ3n) is 8.96. The summed E-state index contributed by atoms with van der Waals surface area (Å²) in [5.41, 5.74) is 8.59. The molecule has 1 aromatic heterocycles. The minimum atomic E-state index is 1.18. The fraction of sp³-hybridized carbons (Fsp3) is 0. The molecule has 9 aromatic rings. The van der Waals surface area contributed by atoms with Crippen LogP contribution in [0, 0.1) is 0 Å². The van der Waals surface area contributed by atoms with Gasteiger partial charge in [0.05, 0.1) is 11.0 Å². The van der Waals surface area contributed by atoms with Gasteiger partial charge in [-0.15, -0.1) is 0 Å². The van der Waals surface area contributed by atoms with Crippen LogP contribution in [0.3, 0.4) is 0 Å². The van der Waals surface area contributed by atoms with Crippen LogP contribution in [0.1, 0.15) is 0 Å². The molecule has 43 heavy (non-hydrogen) atoms. The first-order valence-corrected chi connectivity index (χ1v) is 14.9. The summed E-state index contributed by atoms with van der Waals surface area (Å²) in [5.74, 6) is 0. The Bertz CT molecular complexity index is 2480. The highest BCUT2D eigenvalue weighted by Gasteiger charge is 2.14. The van der Waals surface area contributed by atoms with Crippen molar-refractivity contribution >= 4 is 54.1 Å². The largest absolute Gasteiger partial charge is 0.309 e. The molecule has 0 N–H and O–H groups in total. The summed E-state index contributed by atoms with van der Waals surface area (Å²) >= 11 is 0. The van der Waals surface area contributed by atoms with Gasteiger partial charge in [0.25, 0.3) is 0 Å². The van der Waals surface area contributed by atoms with E-state index >= 15 is 0 Å². The second kappa shape index (κ2) is 9.44. The highest BCUT2D eigenvalue weighted by atomic mass is 15.0. The predicted octanol–water partition coefficient (Wildman–Crippen LogP) is 11.6. The van der Waals surface area contributed by atoms with Gasteiger partial charge in [0.15, 0.2) is 0 Å². The van der Waals surface area contributed by atoms with Gasteiger partial charge in [0, 0.05) is 16.5 Å². The molecule has 8 aromatic carbocycles. The van der Waals surface area contributed by atoms with Crippen molar-refractivity contribution in [2.24, 2.45) is 0 Å². The molecule has 200 valence electrons. The summed E-state index contributed by atoms with van der Waals surface area (Å²) in [4.78, 5) is 0. The van der Waals surface area contributed by atoms with Crippen LogP contribution in [-0.2, 0) is 0 Å². The Morgan fingerprint density at radius 3 is 1.77 bits per heavy atom. The Morgan fingerprint density at radius 2 is 0.930 bits per heavy atom. The molecule has 0 aliphatic carbocycles. The highest BCUT2D eigenvalue weighted by Crippen LogP contribution is 2.39. The SMILES string of the molecule is c1ccc(-n2c3ccccc3c3cc(-c4ccc(-c5cc6ccc7ccccc7c6c6ccccc56)cc4)ccc32)cc1. The van der Waals surface area contributed by atoms with Crippen LogP contribution in [0.15, 0.2) is 164 Å². The van der Waals surface area contributed by atoms with Gasteiger partial charge in [-0.1, -0.05) is 127 Å². The van der Waals surface area contributed by atoms with E-state index in [0.717, 1.165) is 0 Å². The summed E-state index contributed by atoms with van der Waals surface area (Å²) in [6.07, 6.45) is 0. The van der Waals surface area contributed by atoms with Crippen molar-refractivity contribution in [2.75, 3.05) is 0 Å². The second-order valence-corrected chi connectivity index (χ2v) is 11.4. The molecule has 0 aliphatic heterocycles. The topological polar surface area (TPSA) is 4.93 Å². The molecular formula is C42H27N. The standard InChI is InChI=1S/C42H27N/c1-2-11-33(12-3-1)43-40-17-9-8-15-36(40)39-26-31(24-25-41(39)43)28-18-20-30(21-19-28)38-27-32-23-22-29-10-4-5-13-34(29)42(32)37-16-7-6-14-35(37)38/h1-27H. The molecule has 1 nitrogen and oxygen atoms in total. The van der Waals surface area contributed by atoms with Gasteiger partial charge in [-0.25, -0.2) is 0 Å². The number of hydrogen-bond donors (Lipinski definition) is 0. The summed E-state index contributed by atoms with van der Waals surface area (Å²) in [6.45, 7) is 0. The maximum absolute atomic E-state index is 2.37. The Balaban J connectivity index is 1.18. The van der Waals surface area contributed by atoms with Crippen LogP contribution >= 0.6 is 0 Å². The third kappa shape index (κ3) is 3.72. The molecule has 0 radical (unpaired) electrons. The first-order chi connectivity index (χ1) is 21.3. The van der Waals surface area contributed by atoms with E-state index in [0.29, 0.717) is 0 Å². The van der Waals surface area contributed by atoms with Crippen molar-refractivity contribution in [2.45, 2.75) is 0 Å². The molecule has 0 saturated heterocycles. The van der Waals surface area contributed by atoms with E-state index in [1.165, 1.54) is 82.1 Å². The van der Waals surface area contributed by atoms with Crippen LogP contribution in [0.4, 0.5) is 0 Å². The molecule has 0 saturated carbocycles. The molecule has 0 bridgehead atoms. The molecule has 0 aliphatic rings. The monoisotopic (exact) mass is 545 g/mol. The number of hydrogen-bond acceptors (Lipinski definition) is 0. The van der Waals surface area contributed by atoms with Gasteiger partial charge in [-0.3, -0.25) is 0 Å². The summed E-state index contributed by atoms with van der Waals surface area (Å²) in [6, 6.07) is 59.7. The van der Waals surface area contributed by atoms with Crippen LogP contribution in [0.25, 0.3) is 82.1 Å². The van der Waals surface area contributed by atoms with Crippen molar-refractivity contribution in [3.63, 3.8) is 0 Å². The summed E-state index contributed by atoms with van der Waals surface area (Å²) in [5, 5.41) is 10.3. The lowest BCUT2D eigenvalue weighted by Gasteiger charge is -2.14. The number of rotatable bonds is 3. The van der Waals surface area contributed by atoms with Crippen molar-refractivity contribution < 1.29 is 0 Å². The molecule has 0 amide bonds. The Morgan fingerprint density at radius 1 is 0.326 bits per heavy atom. The number of nitrogens with zero attached hydrogens (tertiary/aromatic N) is 1. The van der Waals surface area contributed by atoms with Crippen molar-refractivity contribution in [1.82, 2.24) is 4.57 Å². The fourth-order valence-electron chi connectivity index (χ4n) is 6.97. The Labute approximate surface area is 249 Å². The molecule has 0 spiro atoms. The van der Waals surface area contributed by atoms with Crippen LogP contribution in [-0.4, -0.2) is 4.57 Å². The van der Waals surface area contributed by atoms with Gasteiger partial charge in [0.2, 0.25) is 0 Å². The van der Waals surface area contributed by atoms with E-state index in [1.807, 2.05) is 0 Å². The van der Waals surface area contributed by atoms with Crippen molar-refractivity contribution in [3.05, 3.63) is 164 Å². The van der Waals surface area contributed by atoms with Gasteiger partial charge < -0.3 is 4.57 Å². The van der Waals surface area contributed by atoms with E-state index in [9.17, 15) is 0 Å². The van der Waals surface area contributed by atoms with Gasteiger partial charge in [-0.05, 0) is 91.0 Å². The van der Waals surface area contributed by atoms with Crippen LogP contribution in [0.5, 0.6) is 0 Å². The first kappa shape index (κ1) is 24.0. The lowest BCUT2D eigenvalue weighted by molar-refractivity contribution is 1.18. The minimum absolute atomic E-state index is 1.18. The summed E-state index contributed by atoms with van der Waals surface area (Å²) < 4.78 is 2.37. The Hall–Kier alpha value is -5.66. The zero-order valence-corrected chi connectivity index (χ0v) is 23.5. The highest BCUT2D eigenvalue weighted by molar-refractivity contribution is 6.23. The number of fused-ring (bicyclic) bond motifs is 8. The fourth-order valence-corrected chi connectivity index (χ4v) is 6.97. The van der Waals surface area contributed by atoms with Gasteiger partial charge in [-0.2, -0.15) is 0 Å². The maximum Gasteiger partial charge on any atom is 0.0541 e. The molecule has 0 fully saturated rings. The quantitative estimate of drug-likeness (QED) is 0.195. The summed E-state index contributed by atoms with van der Waals surface area (Å²) in [7, 11) is 0. The molecule has 0 atom stereocenters. The average Bonchev–Trinajstić information content (AvgIpc) is 3.42. The van der Waals surface area contributed by atoms with Crippen LogP contribution in [0.2, 0.25) is 0 Å². The lowest BCUT2D eigenvalue weighted by atomic mass is 9.90. The van der Waals surface area contributed by atoms with E-state index < -0.39 is 0 Å². The third-order valence-corrected chi connectivity index (χ3v) is 8.96. The maximum atomic E-state index is 2.37. The number of benzene rings is 8. The van der Waals surface area contributed by atoms with Gasteiger partial charge in [0.1, 0.15) is 0 Å². The molecule has 1 heterocycles. The zero-order chi connectivity index (χ0) is 28.3. The van der Waals surface area contributed by atoms with Crippen LogP contribution < -0.4 is 0 Å². The smallest absolute Gasteiger partial charge is 0.0541 e. The molecule has 9 rings (SSSR count). The van der Waals surface area contributed by atoms with E-state index in [4.69, 9.17) is 0 Å². The van der Waals surface area contributed by atoms with Gasteiger partial charge >= 0.3 is 0 Å². The number of aromatic nitrogens is 1. The van der Waals surface area contributed by atoms with E-state index in [-0.39, 0.29) is 0 Å². The average molecular weight is 546 g/mol. The van der Waals surface area contributed by atoms with E-state index in [2.05, 4.69) is 168 Å². The molecule has 0 unspecified atom stereocenters. The zero-order valence-electron chi connectivity index (χ0n) is 23.5. The van der Waals surface area contributed by atoms with Crippen molar-refractivity contribution in [3.8, 4) is 27.9 Å².